The van der Waals surface area contributed by atoms with E-state index >= 15 is 0 Å². The molecule has 92 valence electrons. The van der Waals surface area contributed by atoms with E-state index in [1.807, 2.05) is 24.3 Å². The van der Waals surface area contributed by atoms with Gasteiger partial charge in [0, 0.05) is 5.69 Å². The van der Waals surface area contributed by atoms with Crippen LogP contribution in [0.2, 0.25) is 4.34 Å². The highest BCUT2D eigenvalue weighted by molar-refractivity contribution is 7.15. The summed E-state index contributed by atoms with van der Waals surface area (Å²) in [6.07, 6.45) is 1.54. The molecule has 1 unspecified atom stereocenters. The molecule has 0 aliphatic rings. The van der Waals surface area contributed by atoms with Crippen molar-refractivity contribution in [1.29, 1.82) is 5.26 Å². The van der Waals surface area contributed by atoms with Crippen molar-refractivity contribution in [2.24, 2.45) is 0 Å². The van der Waals surface area contributed by atoms with E-state index in [-0.39, 0.29) is 0 Å². The minimum atomic E-state index is -0.504. The Bertz CT molecular complexity index is 561. The maximum absolute atomic E-state index is 9.14. The van der Waals surface area contributed by atoms with Gasteiger partial charge in [-0.05, 0) is 24.3 Å². The van der Waals surface area contributed by atoms with Gasteiger partial charge in [0.25, 0.3) is 0 Å². The number of nitrogens with one attached hydrogen (secondary N) is 1. The molecule has 0 saturated carbocycles. The van der Waals surface area contributed by atoms with Crippen LogP contribution in [0.4, 0.5) is 5.69 Å². The highest BCUT2D eigenvalue weighted by Crippen LogP contribution is 2.26. The van der Waals surface area contributed by atoms with Crippen molar-refractivity contribution < 1.29 is 4.74 Å². The van der Waals surface area contributed by atoms with Crippen LogP contribution in [0.1, 0.15) is 11.0 Å². The molecule has 2 rings (SSSR count). The molecule has 0 fully saturated rings. The number of nitrogens with zero attached hydrogens (tertiary/aromatic N) is 2. The van der Waals surface area contributed by atoms with Gasteiger partial charge in [0.2, 0.25) is 0 Å². The van der Waals surface area contributed by atoms with Crippen molar-refractivity contribution >= 4 is 28.6 Å². The lowest BCUT2D eigenvalue weighted by Crippen LogP contribution is -2.07. The monoisotopic (exact) mass is 279 g/mol. The summed E-state index contributed by atoms with van der Waals surface area (Å²) in [4.78, 5) is 4.09. The molecule has 0 bridgehead atoms. The predicted molar refractivity (Wildman–Crippen MR) is 72.1 cm³/mol. The number of thiazole rings is 1. The van der Waals surface area contributed by atoms with Crippen molar-refractivity contribution in [2.45, 2.75) is 6.04 Å². The maximum atomic E-state index is 9.14. The second kappa shape index (κ2) is 5.71. The highest BCUT2D eigenvalue weighted by atomic mass is 35.5. The maximum Gasteiger partial charge on any atom is 0.167 e. The average molecular weight is 280 g/mol. The second-order valence-electron chi connectivity index (χ2n) is 3.44. The molecule has 0 aliphatic carbocycles. The predicted octanol–water partition coefficient (Wildman–Crippen LogP) is 3.48. The molecule has 1 aromatic heterocycles. The number of methoxy groups -OCH3 is 1. The molecule has 0 aliphatic heterocycles. The molecule has 6 heteroatoms. The number of ether oxygens (including phenoxy) is 1. The number of anilines is 1. The largest absolute Gasteiger partial charge is 0.497 e. The van der Waals surface area contributed by atoms with Gasteiger partial charge in [-0.1, -0.05) is 11.6 Å². The first-order chi connectivity index (χ1) is 8.72. The minimum absolute atomic E-state index is 0.504. The Kier molecular flexibility index (Phi) is 4.03. The van der Waals surface area contributed by atoms with Crippen molar-refractivity contribution in [3.63, 3.8) is 0 Å². The fourth-order valence-electron chi connectivity index (χ4n) is 1.40. The molecule has 2 aromatic rings. The fraction of sp³-hybridized carbons (Fsp3) is 0.167. The van der Waals surface area contributed by atoms with Crippen molar-refractivity contribution in [1.82, 2.24) is 4.98 Å². The third-order valence-electron chi connectivity index (χ3n) is 2.27. The van der Waals surface area contributed by atoms with Crippen molar-refractivity contribution in [3.8, 4) is 11.8 Å². The molecule has 0 amide bonds. The van der Waals surface area contributed by atoms with Gasteiger partial charge in [-0.2, -0.15) is 5.26 Å². The first kappa shape index (κ1) is 12.7. The van der Waals surface area contributed by atoms with E-state index in [0.717, 1.165) is 11.4 Å². The molecule has 0 saturated heterocycles. The molecule has 1 aromatic carbocycles. The summed E-state index contributed by atoms with van der Waals surface area (Å²) in [5.74, 6) is 0.770. The van der Waals surface area contributed by atoms with Gasteiger partial charge in [0.15, 0.2) is 6.04 Å². The fourth-order valence-corrected chi connectivity index (χ4v) is 2.33. The van der Waals surface area contributed by atoms with E-state index in [0.29, 0.717) is 9.34 Å². The first-order valence-corrected chi connectivity index (χ1v) is 6.34. The SMILES string of the molecule is COc1ccc(NC(C#N)c2ncc(Cl)s2)cc1. The summed E-state index contributed by atoms with van der Waals surface area (Å²) in [6, 6.07) is 8.99. The Morgan fingerprint density at radius 2 is 2.17 bits per heavy atom. The third-order valence-corrected chi connectivity index (χ3v) is 3.45. The Labute approximate surface area is 114 Å². The zero-order valence-electron chi connectivity index (χ0n) is 9.55. The van der Waals surface area contributed by atoms with E-state index in [2.05, 4.69) is 16.4 Å². The number of aromatic nitrogens is 1. The Morgan fingerprint density at radius 1 is 1.44 bits per heavy atom. The molecule has 1 atom stereocenters. The molecule has 4 nitrogen and oxygen atoms in total. The van der Waals surface area contributed by atoms with Gasteiger partial charge in [-0.3, -0.25) is 0 Å². The number of hydrogen-bond acceptors (Lipinski definition) is 5. The lowest BCUT2D eigenvalue weighted by Gasteiger charge is -2.10. The first-order valence-electron chi connectivity index (χ1n) is 5.14. The molecule has 1 heterocycles. The van der Waals surface area contributed by atoms with Gasteiger partial charge >= 0.3 is 0 Å². The molecule has 18 heavy (non-hydrogen) atoms. The second-order valence-corrected chi connectivity index (χ2v) is 5.13. The van der Waals surface area contributed by atoms with Gasteiger partial charge in [-0.25, -0.2) is 4.98 Å². The van der Waals surface area contributed by atoms with E-state index in [1.165, 1.54) is 11.3 Å². The standard InChI is InChI=1S/C12H10ClN3OS/c1-17-9-4-2-8(3-5-9)16-10(6-14)12-15-7-11(13)18-12/h2-5,7,10,16H,1H3. The summed E-state index contributed by atoms with van der Waals surface area (Å²) >= 11 is 7.10. The number of halogens is 1. The molecule has 0 spiro atoms. The molecular weight excluding hydrogens is 270 g/mol. The minimum Gasteiger partial charge on any atom is -0.497 e. The van der Waals surface area contributed by atoms with E-state index in [9.17, 15) is 0 Å². The Hall–Kier alpha value is -1.77. The summed E-state index contributed by atoms with van der Waals surface area (Å²) in [5, 5.41) is 12.9. The van der Waals surface area contributed by atoms with Crippen LogP contribution < -0.4 is 10.1 Å². The molecule has 1 N–H and O–H groups in total. The van der Waals surface area contributed by atoms with Gasteiger partial charge < -0.3 is 10.1 Å². The number of hydrogen-bond donors (Lipinski definition) is 1. The van der Waals surface area contributed by atoms with Gasteiger partial charge in [0.1, 0.15) is 15.1 Å². The lowest BCUT2D eigenvalue weighted by atomic mass is 10.2. The van der Waals surface area contributed by atoms with Crippen LogP contribution in [0.3, 0.4) is 0 Å². The number of nitriles is 1. The Morgan fingerprint density at radius 3 is 2.67 bits per heavy atom. The zero-order chi connectivity index (χ0) is 13.0. The normalized spacial score (nSPS) is 11.6. The van der Waals surface area contributed by atoms with Crippen LogP contribution in [0.25, 0.3) is 0 Å². The number of rotatable bonds is 4. The van der Waals surface area contributed by atoms with Crippen molar-refractivity contribution in [2.75, 3.05) is 12.4 Å². The van der Waals surface area contributed by atoms with Crippen LogP contribution in [0, 0.1) is 11.3 Å². The van der Waals surface area contributed by atoms with Crippen LogP contribution in [-0.2, 0) is 0 Å². The number of benzene rings is 1. The van der Waals surface area contributed by atoms with E-state index in [1.54, 1.807) is 13.3 Å². The topological polar surface area (TPSA) is 57.9 Å². The zero-order valence-corrected chi connectivity index (χ0v) is 11.1. The van der Waals surface area contributed by atoms with Crippen LogP contribution in [-0.4, -0.2) is 12.1 Å². The van der Waals surface area contributed by atoms with Gasteiger partial charge in [-0.15, -0.1) is 11.3 Å². The summed E-state index contributed by atoms with van der Waals surface area (Å²) in [7, 11) is 1.61. The highest BCUT2D eigenvalue weighted by Gasteiger charge is 2.14. The molecular formula is C12H10ClN3OS. The summed E-state index contributed by atoms with van der Waals surface area (Å²) in [5.41, 5.74) is 0.827. The molecule has 0 radical (unpaired) electrons. The Balaban J connectivity index is 2.13. The van der Waals surface area contributed by atoms with E-state index in [4.69, 9.17) is 21.6 Å². The van der Waals surface area contributed by atoms with Crippen LogP contribution in [0.15, 0.2) is 30.5 Å². The van der Waals surface area contributed by atoms with Crippen LogP contribution >= 0.6 is 22.9 Å². The van der Waals surface area contributed by atoms with Crippen molar-refractivity contribution in [3.05, 3.63) is 39.8 Å². The quantitative estimate of drug-likeness (QED) is 0.931. The van der Waals surface area contributed by atoms with Gasteiger partial charge in [0.05, 0.1) is 19.4 Å². The van der Waals surface area contributed by atoms with E-state index < -0.39 is 6.04 Å². The van der Waals surface area contributed by atoms with Crippen LogP contribution in [0.5, 0.6) is 5.75 Å². The third kappa shape index (κ3) is 2.92. The lowest BCUT2D eigenvalue weighted by molar-refractivity contribution is 0.415. The summed E-state index contributed by atoms with van der Waals surface area (Å²) < 4.78 is 5.64. The average Bonchev–Trinajstić information content (AvgIpc) is 2.83. The summed E-state index contributed by atoms with van der Waals surface area (Å²) in [6.45, 7) is 0. The smallest absolute Gasteiger partial charge is 0.167 e.